The van der Waals surface area contributed by atoms with Gasteiger partial charge in [-0.25, -0.2) is 4.98 Å². The van der Waals surface area contributed by atoms with Crippen LogP contribution in [0.4, 0.5) is 5.82 Å². The molecule has 0 N–H and O–H groups in total. The van der Waals surface area contributed by atoms with Crippen molar-refractivity contribution < 1.29 is 14.3 Å². The van der Waals surface area contributed by atoms with Crippen LogP contribution in [0.5, 0.6) is 11.5 Å². The molecule has 1 aliphatic rings. The molecular weight excluding hydrogens is 342 g/mol. The highest BCUT2D eigenvalue weighted by atomic mass is 16.5. The van der Waals surface area contributed by atoms with Crippen LogP contribution < -0.4 is 14.4 Å². The van der Waals surface area contributed by atoms with Crippen LogP contribution in [0.3, 0.4) is 0 Å². The van der Waals surface area contributed by atoms with Crippen LogP contribution in [0.15, 0.2) is 30.5 Å². The van der Waals surface area contributed by atoms with Gasteiger partial charge in [0.05, 0.1) is 19.8 Å². The Hall–Kier alpha value is -2.76. The van der Waals surface area contributed by atoms with Crippen LogP contribution in [0.2, 0.25) is 0 Å². The summed E-state index contributed by atoms with van der Waals surface area (Å²) in [6, 6.07) is 7.77. The summed E-state index contributed by atoms with van der Waals surface area (Å²) in [4.78, 5) is 21.4. The van der Waals surface area contributed by atoms with Gasteiger partial charge in [0, 0.05) is 32.4 Å². The van der Waals surface area contributed by atoms with Crippen molar-refractivity contribution in [3.63, 3.8) is 0 Å². The number of fused-ring (bicyclic) bond motifs is 1. The van der Waals surface area contributed by atoms with Gasteiger partial charge in [-0.05, 0) is 55.7 Å². The van der Waals surface area contributed by atoms with Crippen molar-refractivity contribution in [3.8, 4) is 11.5 Å². The first-order valence-electron chi connectivity index (χ1n) is 9.35. The lowest BCUT2D eigenvalue weighted by atomic mass is 9.98. The van der Waals surface area contributed by atoms with E-state index in [9.17, 15) is 4.79 Å². The van der Waals surface area contributed by atoms with Gasteiger partial charge < -0.3 is 19.3 Å². The van der Waals surface area contributed by atoms with Crippen molar-refractivity contribution in [1.82, 2.24) is 9.88 Å². The van der Waals surface area contributed by atoms with E-state index < -0.39 is 0 Å². The lowest BCUT2D eigenvalue weighted by Crippen LogP contribution is -2.36. The molecule has 3 rings (SSSR count). The first-order chi connectivity index (χ1) is 13.1. The zero-order valence-electron chi connectivity index (χ0n) is 16.5. The fraction of sp³-hybridized carbons (Fsp3) is 0.429. The van der Waals surface area contributed by atoms with E-state index in [2.05, 4.69) is 23.7 Å². The van der Waals surface area contributed by atoms with Crippen molar-refractivity contribution in [3.05, 3.63) is 47.2 Å². The predicted molar refractivity (Wildman–Crippen MR) is 106 cm³/mol. The highest BCUT2D eigenvalue weighted by Crippen LogP contribution is 2.33. The van der Waals surface area contributed by atoms with Crippen molar-refractivity contribution in [2.75, 3.05) is 38.8 Å². The number of hydrogen-bond donors (Lipinski definition) is 0. The van der Waals surface area contributed by atoms with E-state index in [4.69, 9.17) is 9.47 Å². The minimum Gasteiger partial charge on any atom is -0.493 e. The average molecular weight is 369 g/mol. The molecule has 0 radical (unpaired) electrons. The predicted octanol–water partition coefficient (Wildman–Crippen LogP) is 3.14. The molecule has 0 unspecified atom stereocenters. The molecule has 1 aromatic carbocycles. The largest absolute Gasteiger partial charge is 0.493 e. The molecule has 6 nitrogen and oxygen atoms in total. The highest BCUT2D eigenvalue weighted by molar-refractivity contribution is 5.94. The zero-order chi connectivity index (χ0) is 19.4. The maximum atomic E-state index is 12.9. The van der Waals surface area contributed by atoms with E-state index in [1.807, 2.05) is 29.2 Å². The van der Waals surface area contributed by atoms with E-state index in [0.717, 1.165) is 36.6 Å². The third-order valence-corrected chi connectivity index (χ3v) is 5.09. The second kappa shape index (κ2) is 8.29. The Bertz CT molecular complexity index is 801. The Morgan fingerprint density at radius 1 is 1.11 bits per heavy atom. The van der Waals surface area contributed by atoms with Crippen LogP contribution in [0, 0.1) is 0 Å². The summed E-state index contributed by atoms with van der Waals surface area (Å²) in [5, 5.41) is 0. The topological polar surface area (TPSA) is 54.9 Å². The Kier molecular flexibility index (Phi) is 5.84. The molecule has 2 heterocycles. The molecule has 1 amide bonds. The van der Waals surface area contributed by atoms with E-state index in [0.29, 0.717) is 24.4 Å². The SMILES string of the molecule is CCN(CC)c1ccc(C(=O)N2CCc3cc(OC)c(OC)cc3C2)cn1. The molecular formula is C21H27N3O3. The van der Waals surface area contributed by atoms with E-state index in [-0.39, 0.29) is 5.91 Å². The number of ether oxygens (including phenoxy) is 2. The van der Waals surface area contributed by atoms with Gasteiger partial charge in [0.25, 0.3) is 5.91 Å². The van der Waals surface area contributed by atoms with Gasteiger partial charge in [-0.3, -0.25) is 4.79 Å². The minimum atomic E-state index is 0.00836. The van der Waals surface area contributed by atoms with Gasteiger partial charge in [0.2, 0.25) is 0 Å². The third-order valence-electron chi connectivity index (χ3n) is 5.09. The number of hydrogen-bond acceptors (Lipinski definition) is 5. The molecule has 0 spiro atoms. The molecule has 6 heteroatoms. The molecule has 0 aliphatic carbocycles. The summed E-state index contributed by atoms with van der Waals surface area (Å²) in [6.07, 6.45) is 2.48. The Morgan fingerprint density at radius 3 is 2.33 bits per heavy atom. The number of anilines is 1. The number of carbonyl (C=O) groups is 1. The number of methoxy groups -OCH3 is 2. The quantitative estimate of drug-likeness (QED) is 0.783. The Balaban J connectivity index is 1.77. The maximum absolute atomic E-state index is 12.9. The first-order valence-corrected chi connectivity index (χ1v) is 9.35. The molecule has 1 aliphatic heterocycles. The normalized spacial score (nSPS) is 13.1. The second-order valence-electron chi connectivity index (χ2n) is 6.53. The van der Waals surface area contributed by atoms with Crippen LogP contribution in [0.25, 0.3) is 0 Å². The fourth-order valence-electron chi connectivity index (χ4n) is 3.49. The number of aromatic nitrogens is 1. The molecule has 0 bridgehead atoms. The van der Waals surface area contributed by atoms with Crippen molar-refractivity contribution >= 4 is 11.7 Å². The number of pyridine rings is 1. The van der Waals surface area contributed by atoms with Gasteiger partial charge >= 0.3 is 0 Å². The smallest absolute Gasteiger partial charge is 0.255 e. The summed E-state index contributed by atoms with van der Waals surface area (Å²) in [7, 11) is 3.26. The van der Waals surface area contributed by atoms with Crippen LogP contribution in [-0.2, 0) is 13.0 Å². The lowest BCUT2D eigenvalue weighted by Gasteiger charge is -2.30. The second-order valence-corrected chi connectivity index (χ2v) is 6.53. The van der Waals surface area contributed by atoms with Gasteiger partial charge in [0.1, 0.15) is 5.82 Å². The lowest BCUT2D eigenvalue weighted by molar-refractivity contribution is 0.0734. The highest BCUT2D eigenvalue weighted by Gasteiger charge is 2.24. The summed E-state index contributed by atoms with van der Waals surface area (Å²) < 4.78 is 10.8. The standard InChI is InChI=1S/C21H27N3O3/c1-5-23(6-2)20-8-7-16(13-22-20)21(25)24-10-9-15-11-18(26-3)19(27-4)12-17(15)14-24/h7-8,11-13H,5-6,9-10,14H2,1-4H3. The van der Waals surface area contributed by atoms with E-state index >= 15 is 0 Å². The number of rotatable bonds is 6. The van der Waals surface area contributed by atoms with Gasteiger partial charge in [-0.2, -0.15) is 0 Å². The monoisotopic (exact) mass is 369 g/mol. The van der Waals surface area contributed by atoms with Crippen LogP contribution >= 0.6 is 0 Å². The molecule has 0 fully saturated rings. The fourth-order valence-corrected chi connectivity index (χ4v) is 3.49. The van der Waals surface area contributed by atoms with E-state index in [1.54, 1.807) is 20.4 Å². The average Bonchev–Trinajstić information content (AvgIpc) is 2.73. The molecule has 0 saturated carbocycles. The third kappa shape index (κ3) is 3.84. The van der Waals surface area contributed by atoms with Crippen LogP contribution in [0.1, 0.15) is 35.3 Å². The zero-order valence-corrected chi connectivity index (χ0v) is 16.5. The molecule has 27 heavy (non-hydrogen) atoms. The van der Waals surface area contributed by atoms with Crippen molar-refractivity contribution in [2.45, 2.75) is 26.8 Å². The first kappa shape index (κ1) is 19.0. The number of amides is 1. The summed E-state index contributed by atoms with van der Waals surface area (Å²) >= 11 is 0. The molecule has 144 valence electrons. The van der Waals surface area contributed by atoms with Gasteiger partial charge in [0.15, 0.2) is 11.5 Å². The molecule has 1 aromatic heterocycles. The summed E-state index contributed by atoms with van der Waals surface area (Å²) in [5.74, 6) is 2.33. The van der Waals surface area contributed by atoms with Crippen molar-refractivity contribution in [1.29, 1.82) is 0 Å². The summed E-state index contributed by atoms with van der Waals surface area (Å²) in [5.41, 5.74) is 2.92. The van der Waals surface area contributed by atoms with Crippen molar-refractivity contribution in [2.24, 2.45) is 0 Å². The minimum absolute atomic E-state index is 0.00836. The molecule has 0 saturated heterocycles. The van der Waals surface area contributed by atoms with Crippen LogP contribution in [-0.4, -0.2) is 49.6 Å². The number of carbonyl (C=O) groups excluding carboxylic acids is 1. The van der Waals surface area contributed by atoms with Gasteiger partial charge in [-0.15, -0.1) is 0 Å². The molecule has 2 aromatic rings. The number of benzene rings is 1. The Morgan fingerprint density at radius 2 is 1.78 bits per heavy atom. The maximum Gasteiger partial charge on any atom is 0.255 e. The summed E-state index contributed by atoms with van der Waals surface area (Å²) in [6.45, 7) is 7.22. The Labute approximate surface area is 160 Å². The number of nitrogens with zero attached hydrogens (tertiary/aromatic N) is 3. The van der Waals surface area contributed by atoms with E-state index in [1.165, 1.54) is 5.56 Å². The molecule has 0 atom stereocenters. The van der Waals surface area contributed by atoms with Gasteiger partial charge in [-0.1, -0.05) is 0 Å².